The quantitative estimate of drug-likeness (QED) is 0.436. The van der Waals surface area contributed by atoms with Crippen molar-refractivity contribution < 1.29 is 27.8 Å². The molecule has 0 saturated carbocycles. The average molecular weight is 448 g/mol. The van der Waals surface area contributed by atoms with Gasteiger partial charge in [0.1, 0.15) is 11.6 Å². The molecular weight excluding hydrogens is 421 g/mol. The molecule has 1 saturated heterocycles. The Hall–Kier alpha value is -2.71. The average Bonchev–Trinajstić information content (AvgIpc) is 3.15. The van der Waals surface area contributed by atoms with Crippen molar-refractivity contribution in [2.75, 3.05) is 6.54 Å². The zero-order valence-electron chi connectivity index (χ0n) is 17.0. The second kappa shape index (κ2) is 10.1. The molecule has 1 aliphatic rings. The number of carbonyl (C=O) groups is 1. The number of unbranched alkanes of at least 4 members (excludes halogenated alkanes) is 1. The molecule has 3 rings (SSSR count). The van der Waals surface area contributed by atoms with Crippen LogP contribution in [0.2, 0.25) is 0 Å². The molecule has 0 amide bonds. The molecular formula is C23H26FNO5S. The first-order valence-electron chi connectivity index (χ1n) is 10.2. The number of aliphatic carboxylic acids is 1. The molecule has 2 aromatic carbocycles. The normalized spacial score (nSPS) is 19.8. The molecule has 0 aromatic heterocycles. The van der Waals surface area contributed by atoms with E-state index in [1.165, 1.54) is 22.5 Å². The second-order valence-corrected chi connectivity index (χ2v) is 9.54. The van der Waals surface area contributed by atoms with Crippen LogP contribution in [0.15, 0.2) is 65.6 Å². The minimum Gasteiger partial charge on any atom is -0.508 e. The minimum atomic E-state index is -3.85. The van der Waals surface area contributed by atoms with Crippen LogP contribution in [-0.4, -0.2) is 35.5 Å². The first-order valence-corrected chi connectivity index (χ1v) is 11.7. The molecule has 6 nitrogen and oxygen atoms in total. The minimum absolute atomic E-state index is 0.00672. The SMILES string of the molecule is O=C(O)CCCC=CCC1CCN(S(=O)(=O)c2ccc(F)cc2)C1c1cccc(O)c1. The zero-order chi connectivity index (χ0) is 22.4. The van der Waals surface area contributed by atoms with E-state index in [-0.39, 0.29) is 23.0 Å². The highest BCUT2D eigenvalue weighted by molar-refractivity contribution is 7.89. The zero-order valence-corrected chi connectivity index (χ0v) is 17.8. The molecule has 166 valence electrons. The fraction of sp³-hybridized carbons (Fsp3) is 0.348. The van der Waals surface area contributed by atoms with Gasteiger partial charge >= 0.3 is 5.97 Å². The summed E-state index contributed by atoms with van der Waals surface area (Å²) >= 11 is 0. The maximum absolute atomic E-state index is 13.3. The molecule has 1 aliphatic heterocycles. The van der Waals surface area contributed by atoms with E-state index in [2.05, 4.69) is 0 Å². The predicted octanol–water partition coefficient (Wildman–Crippen LogP) is 4.48. The number of carboxylic acid groups (broad SMARTS) is 1. The van der Waals surface area contributed by atoms with Crippen molar-refractivity contribution >= 4 is 16.0 Å². The number of rotatable bonds is 9. The van der Waals surface area contributed by atoms with E-state index in [1.54, 1.807) is 18.2 Å². The number of carboxylic acids is 1. The van der Waals surface area contributed by atoms with Crippen molar-refractivity contribution in [1.82, 2.24) is 4.31 Å². The van der Waals surface area contributed by atoms with Crippen molar-refractivity contribution in [1.29, 1.82) is 0 Å². The van der Waals surface area contributed by atoms with Crippen LogP contribution in [0.4, 0.5) is 4.39 Å². The fourth-order valence-electron chi connectivity index (χ4n) is 3.99. The van der Waals surface area contributed by atoms with Crippen LogP contribution in [0.1, 0.15) is 43.7 Å². The Labute approximate surface area is 181 Å². The Kier molecular flexibility index (Phi) is 7.46. The molecule has 0 bridgehead atoms. The van der Waals surface area contributed by atoms with E-state index in [4.69, 9.17) is 5.11 Å². The van der Waals surface area contributed by atoms with E-state index >= 15 is 0 Å². The van der Waals surface area contributed by atoms with Gasteiger partial charge in [0.25, 0.3) is 0 Å². The van der Waals surface area contributed by atoms with Crippen LogP contribution in [0.5, 0.6) is 5.75 Å². The molecule has 8 heteroatoms. The predicted molar refractivity (Wildman–Crippen MR) is 114 cm³/mol. The number of aromatic hydroxyl groups is 1. The van der Waals surface area contributed by atoms with E-state index in [0.29, 0.717) is 37.8 Å². The topological polar surface area (TPSA) is 94.9 Å². The smallest absolute Gasteiger partial charge is 0.303 e. The summed E-state index contributed by atoms with van der Waals surface area (Å²) in [6.45, 7) is 0.317. The first-order chi connectivity index (χ1) is 14.8. The van der Waals surface area contributed by atoms with Gasteiger partial charge in [-0.15, -0.1) is 0 Å². The van der Waals surface area contributed by atoms with Gasteiger partial charge in [-0.25, -0.2) is 12.8 Å². The monoisotopic (exact) mass is 447 g/mol. The van der Waals surface area contributed by atoms with E-state index in [9.17, 15) is 22.7 Å². The summed E-state index contributed by atoms with van der Waals surface area (Å²) in [5.41, 5.74) is 0.701. The van der Waals surface area contributed by atoms with Gasteiger partial charge in [-0.3, -0.25) is 4.79 Å². The molecule has 31 heavy (non-hydrogen) atoms. The van der Waals surface area contributed by atoms with Crippen LogP contribution in [0.25, 0.3) is 0 Å². The third-order valence-electron chi connectivity index (χ3n) is 5.48. The molecule has 2 aromatic rings. The van der Waals surface area contributed by atoms with Gasteiger partial charge in [0, 0.05) is 13.0 Å². The van der Waals surface area contributed by atoms with Crippen molar-refractivity contribution in [2.45, 2.75) is 43.0 Å². The number of phenolic OH excluding ortho intramolecular Hbond substituents is 1. The second-order valence-electron chi connectivity index (χ2n) is 7.65. The molecule has 1 heterocycles. The summed E-state index contributed by atoms with van der Waals surface area (Å²) in [6, 6.07) is 10.9. The van der Waals surface area contributed by atoms with Crippen LogP contribution < -0.4 is 0 Å². The third kappa shape index (κ3) is 5.71. The lowest BCUT2D eigenvalue weighted by Gasteiger charge is -2.28. The summed E-state index contributed by atoms with van der Waals surface area (Å²) in [4.78, 5) is 10.6. The van der Waals surface area contributed by atoms with Crippen molar-refractivity contribution in [3.8, 4) is 5.75 Å². The Morgan fingerprint density at radius 3 is 2.58 bits per heavy atom. The van der Waals surface area contributed by atoms with Crippen LogP contribution >= 0.6 is 0 Å². The van der Waals surface area contributed by atoms with Gasteiger partial charge < -0.3 is 10.2 Å². The van der Waals surface area contributed by atoms with Gasteiger partial charge in [-0.05, 0) is 73.6 Å². The molecule has 2 N–H and O–H groups in total. The highest BCUT2D eigenvalue weighted by atomic mass is 32.2. The van der Waals surface area contributed by atoms with Crippen molar-refractivity contribution in [3.05, 3.63) is 72.1 Å². The van der Waals surface area contributed by atoms with Gasteiger partial charge in [-0.1, -0.05) is 24.3 Å². The molecule has 2 atom stereocenters. The first kappa shape index (κ1) is 23.0. The van der Waals surface area contributed by atoms with Gasteiger partial charge in [-0.2, -0.15) is 4.31 Å². The van der Waals surface area contributed by atoms with E-state index in [1.807, 2.05) is 12.2 Å². The largest absolute Gasteiger partial charge is 0.508 e. The number of allylic oxidation sites excluding steroid dienone is 2. The lowest BCUT2D eigenvalue weighted by molar-refractivity contribution is -0.137. The number of hydrogen-bond acceptors (Lipinski definition) is 4. The Bertz CT molecular complexity index is 1040. The molecule has 0 radical (unpaired) electrons. The summed E-state index contributed by atoms with van der Waals surface area (Å²) in [7, 11) is -3.85. The number of phenols is 1. The summed E-state index contributed by atoms with van der Waals surface area (Å²) in [6.07, 6.45) is 6.48. The Morgan fingerprint density at radius 2 is 1.90 bits per heavy atom. The van der Waals surface area contributed by atoms with Gasteiger partial charge in [0.15, 0.2) is 0 Å². The summed E-state index contributed by atoms with van der Waals surface area (Å²) < 4.78 is 41.3. The highest BCUT2D eigenvalue weighted by Crippen LogP contribution is 2.43. The summed E-state index contributed by atoms with van der Waals surface area (Å²) in [5, 5.41) is 18.7. The molecule has 0 spiro atoms. The Balaban J connectivity index is 1.83. The molecule has 0 aliphatic carbocycles. The summed E-state index contributed by atoms with van der Waals surface area (Å²) in [5.74, 6) is -1.27. The molecule has 1 fully saturated rings. The fourth-order valence-corrected chi connectivity index (χ4v) is 5.68. The van der Waals surface area contributed by atoms with Gasteiger partial charge in [0.05, 0.1) is 10.9 Å². The highest BCUT2D eigenvalue weighted by Gasteiger charge is 2.42. The third-order valence-corrected chi connectivity index (χ3v) is 7.37. The van der Waals surface area contributed by atoms with Crippen LogP contribution in [-0.2, 0) is 14.8 Å². The van der Waals surface area contributed by atoms with E-state index in [0.717, 1.165) is 12.1 Å². The number of sulfonamides is 1. The Morgan fingerprint density at radius 1 is 1.16 bits per heavy atom. The van der Waals surface area contributed by atoms with Crippen LogP contribution in [0.3, 0.4) is 0 Å². The van der Waals surface area contributed by atoms with Crippen LogP contribution in [0, 0.1) is 11.7 Å². The van der Waals surface area contributed by atoms with Gasteiger partial charge in [0.2, 0.25) is 10.0 Å². The van der Waals surface area contributed by atoms with E-state index < -0.39 is 27.9 Å². The lowest BCUT2D eigenvalue weighted by Crippen LogP contribution is -2.32. The maximum Gasteiger partial charge on any atom is 0.303 e. The number of nitrogens with zero attached hydrogens (tertiary/aromatic N) is 1. The van der Waals surface area contributed by atoms with Crippen molar-refractivity contribution in [2.24, 2.45) is 5.92 Å². The lowest BCUT2D eigenvalue weighted by atomic mass is 9.91. The number of benzene rings is 2. The number of halogens is 1. The van der Waals surface area contributed by atoms with Crippen molar-refractivity contribution in [3.63, 3.8) is 0 Å². The standard InChI is InChI=1S/C23H26FNO5S/c24-19-10-12-21(13-11-19)31(29,30)25-15-14-17(6-3-1-2-4-9-22(27)28)23(25)18-7-5-8-20(26)16-18/h1,3,5,7-8,10-13,16-17,23,26H,2,4,6,9,14-15H2,(H,27,28). The number of hydrogen-bond donors (Lipinski definition) is 2. The maximum atomic E-state index is 13.3. The molecule has 2 unspecified atom stereocenters.